The van der Waals surface area contributed by atoms with Crippen LogP contribution in [0, 0.1) is 10.1 Å². The number of anilines is 2. The van der Waals surface area contributed by atoms with Crippen molar-refractivity contribution >= 4 is 17.3 Å². The van der Waals surface area contributed by atoms with Crippen molar-refractivity contribution < 1.29 is 4.92 Å². The van der Waals surface area contributed by atoms with Crippen LogP contribution >= 0.6 is 0 Å². The van der Waals surface area contributed by atoms with Crippen molar-refractivity contribution in [3.63, 3.8) is 0 Å². The quantitative estimate of drug-likeness (QED) is 0.443. The number of hydrogen-bond donors (Lipinski definition) is 0. The third kappa shape index (κ3) is 3.73. The van der Waals surface area contributed by atoms with Gasteiger partial charge in [-0.05, 0) is 19.9 Å². The number of nitro groups is 1. The molecule has 1 aromatic heterocycles. The van der Waals surface area contributed by atoms with Gasteiger partial charge >= 0.3 is 5.69 Å². The molecule has 0 bridgehead atoms. The molecule has 1 aliphatic heterocycles. The van der Waals surface area contributed by atoms with E-state index in [1.165, 1.54) is 6.33 Å². The van der Waals surface area contributed by atoms with E-state index in [0.717, 1.165) is 51.9 Å². The normalized spacial score (nSPS) is 19.2. The largest absolute Gasteiger partial charge is 0.353 e. The predicted octanol–water partition coefficient (Wildman–Crippen LogP) is 2.07. The van der Waals surface area contributed by atoms with Crippen molar-refractivity contribution in [3.8, 4) is 0 Å². The zero-order valence-corrected chi connectivity index (χ0v) is 14.8. The Balaban J connectivity index is 1.99. The summed E-state index contributed by atoms with van der Waals surface area (Å²) in [5.74, 6) is 0.871. The summed E-state index contributed by atoms with van der Waals surface area (Å²) in [6.07, 6.45) is 7.64. The van der Waals surface area contributed by atoms with Crippen molar-refractivity contribution in [2.75, 3.05) is 49.6 Å². The van der Waals surface area contributed by atoms with E-state index < -0.39 is 0 Å². The molecule has 2 fully saturated rings. The number of piperazine rings is 1. The van der Waals surface area contributed by atoms with Crippen molar-refractivity contribution in [1.82, 2.24) is 14.9 Å². The average Bonchev–Trinajstić information content (AvgIpc) is 3.14. The maximum absolute atomic E-state index is 11.9. The van der Waals surface area contributed by atoms with Crippen LogP contribution in [0.4, 0.5) is 17.3 Å². The Labute approximate surface area is 148 Å². The third-order valence-electron chi connectivity index (χ3n) is 5.13. The summed E-state index contributed by atoms with van der Waals surface area (Å²) in [6.45, 7) is 7.59. The first kappa shape index (κ1) is 17.6. The molecule has 1 saturated heterocycles. The third-order valence-corrected chi connectivity index (χ3v) is 5.13. The summed E-state index contributed by atoms with van der Waals surface area (Å²) >= 11 is 0. The van der Waals surface area contributed by atoms with E-state index in [0.29, 0.717) is 18.2 Å². The van der Waals surface area contributed by atoms with Crippen LogP contribution in [0.25, 0.3) is 0 Å². The lowest BCUT2D eigenvalue weighted by molar-refractivity contribution is -0.383. The van der Waals surface area contributed by atoms with Crippen molar-refractivity contribution in [2.45, 2.75) is 31.7 Å². The van der Waals surface area contributed by atoms with Gasteiger partial charge in [-0.1, -0.05) is 18.9 Å². The van der Waals surface area contributed by atoms with Crippen LogP contribution in [0.3, 0.4) is 0 Å². The smallest absolute Gasteiger partial charge is 0.348 e. The summed E-state index contributed by atoms with van der Waals surface area (Å²) in [7, 11) is 2.06. The molecule has 1 aliphatic carbocycles. The Bertz CT molecular complexity index is 624. The van der Waals surface area contributed by atoms with Crippen LogP contribution in [-0.4, -0.2) is 65.6 Å². The Hall–Kier alpha value is -2.22. The maximum Gasteiger partial charge on any atom is 0.353 e. The second-order valence-electron chi connectivity index (χ2n) is 6.80. The molecule has 8 nitrogen and oxygen atoms in total. The van der Waals surface area contributed by atoms with Crippen molar-refractivity contribution in [2.24, 2.45) is 0 Å². The van der Waals surface area contributed by atoms with Gasteiger partial charge in [-0.15, -0.1) is 6.58 Å². The maximum atomic E-state index is 11.9. The van der Waals surface area contributed by atoms with E-state index in [2.05, 4.69) is 28.5 Å². The molecule has 0 unspecified atom stereocenters. The summed E-state index contributed by atoms with van der Waals surface area (Å²) in [6, 6.07) is 0.284. The second-order valence-corrected chi connectivity index (χ2v) is 6.80. The molecule has 2 aliphatic rings. The second kappa shape index (κ2) is 7.77. The van der Waals surface area contributed by atoms with Crippen LogP contribution in [-0.2, 0) is 0 Å². The van der Waals surface area contributed by atoms with Gasteiger partial charge in [0, 0.05) is 38.8 Å². The highest BCUT2D eigenvalue weighted by Crippen LogP contribution is 2.37. The summed E-state index contributed by atoms with van der Waals surface area (Å²) < 4.78 is 0. The summed E-state index contributed by atoms with van der Waals surface area (Å²) in [4.78, 5) is 26.4. The SMILES string of the molecule is C=CCN(c1ncnc(N2CCN(C)CC2)c1[N+](=O)[O-])C1CCCC1. The number of aromatic nitrogens is 2. The molecule has 2 heterocycles. The van der Waals surface area contributed by atoms with Gasteiger partial charge in [-0.25, -0.2) is 9.97 Å². The van der Waals surface area contributed by atoms with Gasteiger partial charge in [0.05, 0.1) is 4.92 Å². The Morgan fingerprint density at radius 2 is 2.00 bits per heavy atom. The number of likely N-dealkylation sites (N-methyl/N-ethyl adjacent to an activating group) is 1. The molecule has 1 saturated carbocycles. The van der Waals surface area contributed by atoms with Gasteiger partial charge in [-0.2, -0.15) is 0 Å². The molecule has 0 radical (unpaired) electrons. The Kier molecular flexibility index (Phi) is 5.47. The zero-order valence-electron chi connectivity index (χ0n) is 14.8. The van der Waals surface area contributed by atoms with Crippen LogP contribution in [0.1, 0.15) is 25.7 Å². The lowest BCUT2D eigenvalue weighted by Gasteiger charge is -2.34. The lowest BCUT2D eigenvalue weighted by atomic mass is 10.2. The molecule has 1 aromatic rings. The van der Waals surface area contributed by atoms with Crippen LogP contribution < -0.4 is 9.80 Å². The number of hydrogen-bond acceptors (Lipinski definition) is 7. The fourth-order valence-corrected chi connectivity index (χ4v) is 3.75. The fraction of sp³-hybridized carbons (Fsp3) is 0.647. The van der Waals surface area contributed by atoms with E-state index in [-0.39, 0.29) is 16.7 Å². The Morgan fingerprint density at radius 3 is 2.60 bits per heavy atom. The minimum atomic E-state index is -0.325. The zero-order chi connectivity index (χ0) is 17.8. The van der Waals surface area contributed by atoms with Crippen molar-refractivity contribution in [1.29, 1.82) is 0 Å². The van der Waals surface area contributed by atoms with Crippen LogP contribution in [0.5, 0.6) is 0 Å². The van der Waals surface area contributed by atoms with E-state index in [4.69, 9.17) is 0 Å². The minimum Gasteiger partial charge on any atom is -0.348 e. The molecule has 0 aromatic carbocycles. The molecule has 0 N–H and O–H groups in total. The number of rotatable bonds is 6. The topological polar surface area (TPSA) is 78.6 Å². The molecule has 0 atom stereocenters. The van der Waals surface area contributed by atoms with E-state index in [9.17, 15) is 10.1 Å². The first-order valence-corrected chi connectivity index (χ1v) is 8.92. The van der Waals surface area contributed by atoms with E-state index in [1.807, 2.05) is 9.80 Å². The Morgan fingerprint density at radius 1 is 1.32 bits per heavy atom. The molecule has 8 heteroatoms. The van der Waals surface area contributed by atoms with E-state index in [1.54, 1.807) is 6.08 Å². The van der Waals surface area contributed by atoms with Gasteiger partial charge in [0.25, 0.3) is 0 Å². The molecule has 25 heavy (non-hydrogen) atoms. The minimum absolute atomic E-state index is 0.0285. The average molecular weight is 346 g/mol. The molecular weight excluding hydrogens is 320 g/mol. The highest BCUT2D eigenvalue weighted by Gasteiger charge is 2.34. The molecule has 136 valence electrons. The van der Waals surface area contributed by atoms with Gasteiger partial charge in [-0.3, -0.25) is 10.1 Å². The highest BCUT2D eigenvalue weighted by atomic mass is 16.6. The molecule has 0 spiro atoms. The molecule has 0 amide bonds. The first-order chi connectivity index (χ1) is 12.1. The van der Waals surface area contributed by atoms with Gasteiger partial charge in [0.1, 0.15) is 6.33 Å². The highest BCUT2D eigenvalue weighted by molar-refractivity contribution is 5.72. The molecular formula is C17H26N6O2. The molecule has 3 rings (SSSR count). The monoisotopic (exact) mass is 346 g/mol. The summed E-state index contributed by atoms with van der Waals surface area (Å²) in [5.41, 5.74) is 0.0285. The van der Waals surface area contributed by atoms with Gasteiger partial charge in [0.2, 0.25) is 11.6 Å². The standard InChI is InChI=1S/C17H26N6O2/c1-3-8-22(14-6-4-5-7-14)17-15(23(24)25)16(18-13-19-17)21-11-9-20(2)10-12-21/h3,13-14H,1,4-12H2,2H3. The van der Waals surface area contributed by atoms with Gasteiger partial charge in [0.15, 0.2) is 0 Å². The summed E-state index contributed by atoms with van der Waals surface area (Å²) in [5, 5.41) is 11.9. The van der Waals surface area contributed by atoms with Gasteiger partial charge < -0.3 is 14.7 Å². The number of nitrogens with zero attached hydrogens (tertiary/aromatic N) is 6. The lowest BCUT2D eigenvalue weighted by Crippen LogP contribution is -2.45. The van der Waals surface area contributed by atoms with E-state index >= 15 is 0 Å². The first-order valence-electron chi connectivity index (χ1n) is 8.92. The van der Waals surface area contributed by atoms with Crippen LogP contribution in [0.2, 0.25) is 0 Å². The fourth-order valence-electron chi connectivity index (χ4n) is 3.75. The van der Waals surface area contributed by atoms with Crippen molar-refractivity contribution in [3.05, 3.63) is 29.1 Å². The predicted molar refractivity (Wildman–Crippen MR) is 98.2 cm³/mol. The van der Waals surface area contributed by atoms with Crippen LogP contribution in [0.15, 0.2) is 19.0 Å².